The van der Waals surface area contributed by atoms with Gasteiger partial charge in [-0.05, 0) is 23.8 Å². The van der Waals surface area contributed by atoms with Crippen molar-refractivity contribution >= 4 is 25.8 Å². The Kier molecular flexibility index (Phi) is 3.88. The fourth-order valence-corrected chi connectivity index (χ4v) is 2.58. The van der Waals surface area contributed by atoms with Gasteiger partial charge in [0.2, 0.25) is 0 Å². The highest BCUT2D eigenvalue weighted by atomic mass is 79.9. The van der Waals surface area contributed by atoms with Gasteiger partial charge < -0.3 is 10.8 Å². The number of halogens is 1. The molecule has 0 fully saturated rings. The fraction of sp³-hybridized carbons (Fsp3) is 0.333. The molecular formula is C9H12BrNO3S. The molecule has 0 aliphatic carbocycles. The molecule has 0 amide bonds. The second-order valence-electron chi connectivity index (χ2n) is 3.24. The number of rotatable bonds is 3. The maximum Gasteiger partial charge on any atom is 0.175 e. The van der Waals surface area contributed by atoms with E-state index < -0.39 is 15.9 Å². The first-order valence-electron chi connectivity index (χ1n) is 4.22. The lowest BCUT2D eigenvalue weighted by atomic mass is 10.1. The highest BCUT2D eigenvalue weighted by Crippen LogP contribution is 2.24. The Morgan fingerprint density at radius 2 is 2.13 bits per heavy atom. The molecule has 0 bridgehead atoms. The molecule has 0 saturated heterocycles. The van der Waals surface area contributed by atoms with E-state index in [1.165, 1.54) is 6.07 Å². The van der Waals surface area contributed by atoms with Crippen molar-refractivity contribution in [2.24, 2.45) is 5.73 Å². The van der Waals surface area contributed by atoms with Crippen LogP contribution in [0.25, 0.3) is 0 Å². The van der Waals surface area contributed by atoms with Crippen molar-refractivity contribution in [1.82, 2.24) is 0 Å². The number of hydrogen-bond donors (Lipinski definition) is 2. The van der Waals surface area contributed by atoms with Gasteiger partial charge in [-0.1, -0.05) is 15.9 Å². The van der Waals surface area contributed by atoms with Crippen molar-refractivity contribution in [2.75, 3.05) is 12.9 Å². The lowest BCUT2D eigenvalue weighted by molar-refractivity contribution is 0.266. The molecule has 0 aliphatic rings. The minimum absolute atomic E-state index is 0.159. The van der Waals surface area contributed by atoms with E-state index in [9.17, 15) is 8.42 Å². The van der Waals surface area contributed by atoms with E-state index in [1.807, 2.05) is 0 Å². The SMILES string of the molecule is CS(=O)(=O)c1ccc(Br)cc1C(N)CO. The Hall–Kier alpha value is -0.430. The van der Waals surface area contributed by atoms with Gasteiger partial charge in [0.25, 0.3) is 0 Å². The number of hydrogen-bond acceptors (Lipinski definition) is 4. The molecule has 0 heterocycles. The fourth-order valence-electron chi connectivity index (χ4n) is 1.25. The summed E-state index contributed by atoms with van der Waals surface area (Å²) in [6.07, 6.45) is 1.11. The highest BCUT2D eigenvalue weighted by Gasteiger charge is 2.17. The molecule has 84 valence electrons. The van der Waals surface area contributed by atoms with Gasteiger partial charge in [0.1, 0.15) is 0 Å². The van der Waals surface area contributed by atoms with E-state index >= 15 is 0 Å². The van der Waals surface area contributed by atoms with Gasteiger partial charge in [-0.3, -0.25) is 0 Å². The zero-order chi connectivity index (χ0) is 11.6. The molecule has 1 atom stereocenters. The van der Waals surface area contributed by atoms with Gasteiger partial charge in [0.05, 0.1) is 17.5 Å². The Bertz CT molecular complexity index is 458. The van der Waals surface area contributed by atoms with Crippen LogP contribution in [0.5, 0.6) is 0 Å². The third-order valence-electron chi connectivity index (χ3n) is 1.97. The van der Waals surface area contributed by atoms with Crippen LogP contribution in [0, 0.1) is 0 Å². The van der Waals surface area contributed by atoms with Crippen molar-refractivity contribution in [3.05, 3.63) is 28.2 Å². The molecule has 3 N–H and O–H groups in total. The van der Waals surface area contributed by atoms with Crippen LogP contribution in [-0.4, -0.2) is 26.4 Å². The Morgan fingerprint density at radius 3 is 2.60 bits per heavy atom. The molecule has 0 aliphatic heterocycles. The van der Waals surface area contributed by atoms with Crippen LogP contribution in [0.15, 0.2) is 27.6 Å². The normalized spacial score (nSPS) is 13.9. The molecule has 0 aromatic heterocycles. The highest BCUT2D eigenvalue weighted by molar-refractivity contribution is 9.10. The van der Waals surface area contributed by atoms with Crippen molar-refractivity contribution in [2.45, 2.75) is 10.9 Å². The third kappa shape index (κ3) is 3.01. The summed E-state index contributed by atoms with van der Waals surface area (Å²) in [5.41, 5.74) is 6.05. The van der Waals surface area contributed by atoms with Crippen LogP contribution in [0.1, 0.15) is 11.6 Å². The Balaban J connectivity index is 3.40. The zero-order valence-corrected chi connectivity index (χ0v) is 10.5. The monoisotopic (exact) mass is 293 g/mol. The number of aliphatic hydroxyl groups excluding tert-OH is 1. The number of nitrogens with two attached hydrogens (primary N) is 1. The predicted molar refractivity (Wildman–Crippen MR) is 61.3 cm³/mol. The van der Waals surface area contributed by atoms with Crippen LogP contribution in [0.2, 0.25) is 0 Å². The van der Waals surface area contributed by atoms with Crippen LogP contribution in [-0.2, 0) is 9.84 Å². The zero-order valence-electron chi connectivity index (χ0n) is 8.14. The summed E-state index contributed by atoms with van der Waals surface area (Å²) >= 11 is 3.23. The van der Waals surface area contributed by atoms with E-state index in [-0.39, 0.29) is 11.5 Å². The van der Waals surface area contributed by atoms with Crippen molar-refractivity contribution in [3.63, 3.8) is 0 Å². The number of sulfone groups is 1. The van der Waals surface area contributed by atoms with Crippen molar-refractivity contribution in [3.8, 4) is 0 Å². The largest absolute Gasteiger partial charge is 0.394 e. The average Bonchev–Trinajstić information content (AvgIpc) is 2.14. The molecule has 0 radical (unpaired) electrons. The molecular weight excluding hydrogens is 282 g/mol. The molecule has 1 unspecified atom stereocenters. The predicted octanol–water partition coefficient (Wildman–Crippen LogP) is 0.845. The summed E-state index contributed by atoms with van der Waals surface area (Å²) in [6, 6.07) is 4.03. The number of benzene rings is 1. The summed E-state index contributed by atoms with van der Waals surface area (Å²) < 4.78 is 23.6. The Labute approximate surface area is 97.2 Å². The van der Waals surface area contributed by atoms with E-state index in [0.717, 1.165) is 10.7 Å². The summed E-state index contributed by atoms with van der Waals surface area (Å²) in [5, 5.41) is 8.93. The van der Waals surface area contributed by atoms with Crippen molar-refractivity contribution < 1.29 is 13.5 Å². The molecule has 1 aromatic rings. The summed E-state index contributed by atoms with van der Waals surface area (Å²) in [5.74, 6) is 0. The van der Waals surface area contributed by atoms with Crippen LogP contribution in [0.3, 0.4) is 0 Å². The van der Waals surface area contributed by atoms with Crippen LogP contribution >= 0.6 is 15.9 Å². The minimum atomic E-state index is -3.32. The quantitative estimate of drug-likeness (QED) is 0.866. The average molecular weight is 294 g/mol. The molecule has 1 rings (SSSR count). The van der Waals surface area contributed by atoms with Gasteiger partial charge in [0, 0.05) is 10.7 Å². The van der Waals surface area contributed by atoms with Gasteiger partial charge >= 0.3 is 0 Å². The van der Waals surface area contributed by atoms with Gasteiger partial charge in [0.15, 0.2) is 9.84 Å². The summed E-state index contributed by atoms with van der Waals surface area (Å²) in [7, 11) is -3.32. The Morgan fingerprint density at radius 1 is 1.53 bits per heavy atom. The van der Waals surface area contributed by atoms with Crippen molar-refractivity contribution in [1.29, 1.82) is 0 Å². The van der Waals surface area contributed by atoms with Crippen LogP contribution < -0.4 is 5.73 Å². The van der Waals surface area contributed by atoms with Gasteiger partial charge in [-0.15, -0.1) is 0 Å². The second kappa shape index (κ2) is 4.61. The molecule has 1 aromatic carbocycles. The molecule has 0 saturated carbocycles. The number of aliphatic hydroxyl groups is 1. The lowest BCUT2D eigenvalue weighted by Crippen LogP contribution is -2.18. The first-order chi connectivity index (χ1) is 6.86. The first-order valence-corrected chi connectivity index (χ1v) is 6.90. The smallest absolute Gasteiger partial charge is 0.175 e. The molecule has 15 heavy (non-hydrogen) atoms. The van der Waals surface area contributed by atoms with E-state index in [1.54, 1.807) is 12.1 Å². The topological polar surface area (TPSA) is 80.4 Å². The van der Waals surface area contributed by atoms with E-state index in [4.69, 9.17) is 10.8 Å². The second-order valence-corrected chi connectivity index (χ2v) is 6.14. The molecule has 6 heteroatoms. The van der Waals surface area contributed by atoms with Gasteiger partial charge in [-0.2, -0.15) is 0 Å². The maximum absolute atomic E-state index is 11.4. The molecule has 4 nitrogen and oxygen atoms in total. The van der Waals surface area contributed by atoms with E-state index in [2.05, 4.69) is 15.9 Å². The summed E-state index contributed by atoms with van der Waals surface area (Å²) in [4.78, 5) is 0.159. The standard InChI is InChI=1S/C9H12BrNO3S/c1-15(13,14)9-3-2-6(10)4-7(9)8(11)5-12/h2-4,8,12H,5,11H2,1H3. The third-order valence-corrected chi connectivity index (χ3v) is 3.63. The maximum atomic E-state index is 11.4. The summed E-state index contributed by atoms with van der Waals surface area (Å²) in [6.45, 7) is -0.293. The van der Waals surface area contributed by atoms with E-state index in [0.29, 0.717) is 5.56 Å². The molecule has 0 spiro atoms. The lowest BCUT2D eigenvalue weighted by Gasteiger charge is -2.13. The van der Waals surface area contributed by atoms with Crippen LogP contribution in [0.4, 0.5) is 0 Å². The first kappa shape index (κ1) is 12.6. The van der Waals surface area contributed by atoms with Gasteiger partial charge in [-0.25, -0.2) is 8.42 Å². The minimum Gasteiger partial charge on any atom is -0.394 e.